The van der Waals surface area contributed by atoms with Crippen LogP contribution in [0.3, 0.4) is 0 Å². The molecule has 3 heteroatoms. The third kappa shape index (κ3) is 3.05. The Hall–Kier alpha value is -0.580. The first kappa shape index (κ1) is 13.8. The monoisotopic (exact) mass is 357 g/mol. The Morgan fingerprint density at radius 2 is 1.83 bits per heavy atom. The Bertz CT molecular complexity index is 424. The maximum absolute atomic E-state index is 12.5. The summed E-state index contributed by atoms with van der Waals surface area (Å²) in [6, 6.07) is 8.24. The van der Waals surface area contributed by atoms with Gasteiger partial charge in [0, 0.05) is 16.7 Å². The molecule has 1 aromatic rings. The van der Waals surface area contributed by atoms with Gasteiger partial charge < -0.3 is 4.90 Å². The van der Waals surface area contributed by atoms with Gasteiger partial charge in [0.25, 0.3) is 5.91 Å². The van der Waals surface area contributed by atoms with E-state index in [2.05, 4.69) is 29.5 Å². The zero-order valence-electron chi connectivity index (χ0n) is 11.0. The summed E-state index contributed by atoms with van der Waals surface area (Å²) in [7, 11) is 1.95. The number of nitrogens with zero attached hydrogens (tertiary/aromatic N) is 1. The van der Waals surface area contributed by atoms with Gasteiger partial charge in [0.2, 0.25) is 0 Å². The molecule has 18 heavy (non-hydrogen) atoms. The van der Waals surface area contributed by atoms with Gasteiger partial charge in [0.05, 0.1) is 5.56 Å². The minimum Gasteiger partial charge on any atom is -0.339 e. The molecule has 2 rings (SSSR count). The van der Waals surface area contributed by atoms with Gasteiger partial charge in [0.1, 0.15) is 0 Å². The highest BCUT2D eigenvalue weighted by Crippen LogP contribution is 2.27. The first-order valence-electron chi connectivity index (χ1n) is 6.61. The van der Waals surface area contributed by atoms with Crippen LogP contribution in [0.4, 0.5) is 0 Å². The van der Waals surface area contributed by atoms with Gasteiger partial charge in [-0.05, 0) is 66.3 Å². The zero-order chi connectivity index (χ0) is 13.1. The highest BCUT2D eigenvalue weighted by atomic mass is 127. The molecule has 98 valence electrons. The van der Waals surface area contributed by atoms with Crippen LogP contribution in [0.2, 0.25) is 0 Å². The van der Waals surface area contributed by atoms with E-state index in [-0.39, 0.29) is 5.91 Å². The lowest BCUT2D eigenvalue weighted by atomic mass is 9.86. The van der Waals surface area contributed by atoms with Gasteiger partial charge in [-0.3, -0.25) is 4.79 Å². The largest absolute Gasteiger partial charge is 0.339 e. The SMILES string of the molecule is CC1CCC(N(C)C(=O)c2ccccc2I)CC1. The molecule has 1 saturated carbocycles. The van der Waals surface area contributed by atoms with Crippen molar-refractivity contribution in [2.45, 2.75) is 38.6 Å². The summed E-state index contributed by atoms with van der Waals surface area (Å²) in [6.07, 6.45) is 4.78. The number of hydrogen-bond donors (Lipinski definition) is 0. The number of halogens is 1. The molecule has 0 N–H and O–H groups in total. The van der Waals surface area contributed by atoms with E-state index in [9.17, 15) is 4.79 Å². The fraction of sp³-hybridized carbons (Fsp3) is 0.533. The van der Waals surface area contributed by atoms with E-state index in [0.29, 0.717) is 6.04 Å². The number of carbonyl (C=O) groups is 1. The van der Waals surface area contributed by atoms with Crippen LogP contribution in [-0.4, -0.2) is 23.9 Å². The summed E-state index contributed by atoms with van der Waals surface area (Å²) in [5, 5.41) is 0. The molecule has 0 spiro atoms. The minimum atomic E-state index is 0.166. The maximum atomic E-state index is 12.5. The number of benzene rings is 1. The van der Waals surface area contributed by atoms with Crippen LogP contribution >= 0.6 is 22.6 Å². The van der Waals surface area contributed by atoms with Gasteiger partial charge in [-0.25, -0.2) is 0 Å². The van der Waals surface area contributed by atoms with Crippen molar-refractivity contribution in [3.63, 3.8) is 0 Å². The average Bonchev–Trinajstić information content (AvgIpc) is 2.38. The van der Waals surface area contributed by atoms with Crippen molar-refractivity contribution in [2.24, 2.45) is 5.92 Å². The quantitative estimate of drug-likeness (QED) is 0.735. The smallest absolute Gasteiger partial charge is 0.254 e. The van der Waals surface area contributed by atoms with E-state index in [4.69, 9.17) is 0 Å². The highest BCUT2D eigenvalue weighted by molar-refractivity contribution is 14.1. The fourth-order valence-corrected chi connectivity index (χ4v) is 3.24. The molecule has 1 fully saturated rings. The lowest BCUT2D eigenvalue weighted by Gasteiger charge is -2.33. The molecule has 0 radical (unpaired) electrons. The molecule has 0 bridgehead atoms. The van der Waals surface area contributed by atoms with E-state index in [0.717, 1.165) is 27.9 Å². The fourth-order valence-electron chi connectivity index (χ4n) is 2.62. The van der Waals surface area contributed by atoms with Crippen LogP contribution in [0.25, 0.3) is 0 Å². The van der Waals surface area contributed by atoms with E-state index in [1.165, 1.54) is 12.8 Å². The van der Waals surface area contributed by atoms with E-state index < -0.39 is 0 Å². The lowest BCUT2D eigenvalue weighted by Crippen LogP contribution is -2.39. The van der Waals surface area contributed by atoms with Crippen LogP contribution in [0.15, 0.2) is 24.3 Å². The summed E-state index contributed by atoms with van der Waals surface area (Å²) in [4.78, 5) is 14.4. The molecule has 1 aliphatic carbocycles. The van der Waals surface area contributed by atoms with Gasteiger partial charge in [0.15, 0.2) is 0 Å². The molecule has 0 unspecified atom stereocenters. The van der Waals surface area contributed by atoms with Crippen LogP contribution in [0.5, 0.6) is 0 Å². The van der Waals surface area contributed by atoms with Crippen molar-refractivity contribution in [1.29, 1.82) is 0 Å². The topological polar surface area (TPSA) is 20.3 Å². The second kappa shape index (κ2) is 6.04. The van der Waals surface area contributed by atoms with Crippen molar-refractivity contribution in [3.05, 3.63) is 33.4 Å². The van der Waals surface area contributed by atoms with E-state index in [1.807, 2.05) is 36.2 Å². The second-order valence-electron chi connectivity index (χ2n) is 5.31. The van der Waals surface area contributed by atoms with Crippen molar-refractivity contribution >= 4 is 28.5 Å². The Labute approximate surface area is 123 Å². The number of rotatable bonds is 2. The van der Waals surface area contributed by atoms with Gasteiger partial charge in [-0.2, -0.15) is 0 Å². The highest BCUT2D eigenvalue weighted by Gasteiger charge is 2.26. The van der Waals surface area contributed by atoms with Crippen LogP contribution in [0.1, 0.15) is 43.0 Å². The minimum absolute atomic E-state index is 0.166. The molecule has 0 heterocycles. The molecular formula is C15H20INO. The van der Waals surface area contributed by atoms with Crippen LogP contribution < -0.4 is 0 Å². The van der Waals surface area contributed by atoms with Crippen LogP contribution in [-0.2, 0) is 0 Å². The summed E-state index contributed by atoms with van der Waals surface area (Å²) in [5.41, 5.74) is 0.833. The van der Waals surface area contributed by atoms with Crippen molar-refractivity contribution in [1.82, 2.24) is 4.90 Å². The molecule has 0 aliphatic heterocycles. The Morgan fingerprint density at radius 3 is 2.44 bits per heavy atom. The number of hydrogen-bond acceptors (Lipinski definition) is 1. The first-order valence-corrected chi connectivity index (χ1v) is 7.69. The summed E-state index contributed by atoms with van der Waals surface area (Å²) < 4.78 is 1.04. The van der Waals surface area contributed by atoms with E-state index >= 15 is 0 Å². The van der Waals surface area contributed by atoms with Crippen molar-refractivity contribution in [3.8, 4) is 0 Å². The molecular weight excluding hydrogens is 337 g/mol. The summed E-state index contributed by atoms with van der Waals surface area (Å²) >= 11 is 2.24. The molecule has 0 atom stereocenters. The predicted molar refractivity (Wildman–Crippen MR) is 82.7 cm³/mol. The third-order valence-corrected chi connectivity index (χ3v) is 4.90. The molecule has 0 saturated heterocycles. The van der Waals surface area contributed by atoms with Crippen molar-refractivity contribution in [2.75, 3.05) is 7.05 Å². The standard InChI is InChI=1S/C15H20INO/c1-11-7-9-12(10-8-11)17(2)15(18)13-5-3-4-6-14(13)16/h3-6,11-12H,7-10H2,1-2H3. The average molecular weight is 357 g/mol. The molecule has 1 aliphatic rings. The lowest BCUT2D eigenvalue weighted by molar-refractivity contribution is 0.0678. The van der Waals surface area contributed by atoms with Gasteiger partial charge >= 0.3 is 0 Å². The van der Waals surface area contributed by atoms with E-state index in [1.54, 1.807) is 0 Å². The maximum Gasteiger partial charge on any atom is 0.254 e. The zero-order valence-corrected chi connectivity index (χ0v) is 13.2. The van der Waals surface area contributed by atoms with Gasteiger partial charge in [-0.1, -0.05) is 19.1 Å². The molecule has 2 nitrogen and oxygen atoms in total. The molecule has 1 amide bonds. The predicted octanol–water partition coefficient (Wildman–Crippen LogP) is 3.94. The second-order valence-corrected chi connectivity index (χ2v) is 6.47. The molecule has 1 aromatic carbocycles. The summed E-state index contributed by atoms with van der Waals surface area (Å²) in [6.45, 7) is 2.30. The summed E-state index contributed by atoms with van der Waals surface area (Å²) in [5.74, 6) is 0.987. The molecule has 0 aromatic heterocycles. The third-order valence-electron chi connectivity index (χ3n) is 3.96. The first-order chi connectivity index (χ1) is 8.59. The normalized spacial score (nSPS) is 23.7. The Kier molecular flexibility index (Phi) is 4.65. The van der Waals surface area contributed by atoms with Crippen LogP contribution in [0, 0.1) is 9.49 Å². The Balaban J connectivity index is 2.07. The Morgan fingerprint density at radius 1 is 1.22 bits per heavy atom. The van der Waals surface area contributed by atoms with Gasteiger partial charge in [-0.15, -0.1) is 0 Å². The number of amides is 1. The number of carbonyl (C=O) groups excluding carboxylic acids is 1. The van der Waals surface area contributed by atoms with Crippen molar-refractivity contribution < 1.29 is 4.79 Å².